The molecule has 0 saturated heterocycles. The molecule has 0 aliphatic heterocycles. The molecule has 0 amide bonds. The molecule has 0 unspecified atom stereocenters. The number of hydrogen-bond donors (Lipinski definition) is 0. The molecule has 0 bridgehead atoms. The summed E-state index contributed by atoms with van der Waals surface area (Å²) in [4.78, 5) is 0. The van der Waals surface area contributed by atoms with Gasteiger partial charge in [0.05, 0.1) is 0 Å². The van der Waals surface area contributed by atoms with Gasteiger partial charge in [0, 0.05) is 0 Å². The fourth-order valence-corrected chi connectivity index (χ4v) is 6.87. The van der Waals surface area contributed by atoms with Gasteiger partial charge in [0.2, 0.25) is 0 Å². The van der Waals surface area contributed by atoms with E-state index in [0.29, 0.717) is 17.4 Å². The standard InChI is InChI=1S/2C5H5.C3H6.C2H6Si.2CH3O.Ti/c2*1-2-4-5-3-1;2*1-3-2;2*1-2;/h2*1-3H,4H2;2*1-2H3;2*1H3;/q2*-1;;;2*-1;. The van der Waals surface area contributed by atoms with Crippen LogP contribution < -0.4 is 10.2 Å². The van der Waals surface area contributed by atoms with Gasteiger partial charge in [0.1, 0.15) is 0 Å². The van der Waals surface area contributed by atoms with E-state index in [-0.39, 0.29) is 6.19 Å². The third-order valence-corrected chi connectivity index (χ3v) is 7.36. The van der Waals surface area contributed by atoms with E-state index in [1.165, 1.54) is 0 Å². The van der Waals surface area contributed by atoms with Crippen LogP contribution in [-0.4, -0.2) is 24.2 Å². The van der Waals surface area contributed by atoms with Crippen molar-refractivity contribution < 1.29 is 27.6 Å². The van der Waals surface area contributed by atoms with Gasteiger partial charge in [0.15, 0.2) is 0 Å². The van der Waals surface area contributed by atoms with Gasteiger partial charge >= 0.3 is 54.4 Å². The van der Waals surface area contributed by atoms with Gasteiger partial charge in [-0.25, -0.2) is 24.3 Å². The molecule has 0 saturated carbocycles. The first-order valence-corrected chi connectivity index (χ1v) is 12.4. The summed E-state index contributed by atoms with van der Waals surface area (Å²) in [5.41, 5.74) is 0. The van der Waals surface area contributed by atoms with Crippen LogP contribution in [0.4, 0.5) is 0 Å². The van der Waals surface area contributed by atoms with Crippen LogP contribution in [0, 0.1) is 12.2 Å². The first-order chi connectivity index (χ1) is 10.1. The SMILES string of the molecule is C[C](C)=[Ti]=[Si](C)C.C[O-].C[O-].[C-]1=CC=CC1.[C-]1=CC=CC1. The second-order valence-corrected chi connectivity index (χ2v) is 13.8. The molecular formula is C17H28O2SiTi-4. The zero-order valence-corrected chi connectivity index (χ0v) is 16.8. The number of allylic oxidation sites excluding steroid dienone is 8. The van der Waals surface area contributed by atoms with Gasteiger partial charge in [-0.05, 0) is 0 Å². The third kappa shape index (κ3) is 32.9. The first-order valence-electron chi connectivity index (χ1n) is 6.75. The van der Waals surface area contributed by atoms with Gasteiger partial charge in [-0.15, -0.1) is 12.8 Å². The summed E-state index contributed by atoms with van der Waals surface area (Å²) >= 11 is 0.407. The molecule has 2 aliphatic rings. The summed E-state index contributed by atoms with van der Waals surface area (Å²) in [5, 5.41) is 16.5. The van der Waals surface area contributed by atoms with Crippen LogP contribution in [0.1, 0.15) is 26.7 Å². The Hall–Kier alpha value is -0.319. The van der Waals surface area contributed by atoms with Crippen molar-refractivity contribution in [2.45, 2.75) is 39.8 Å². The minimum absolute atomic E-state index is 0.154. The minimum atomic E-state index is 0.154. The molecule has 0 atom stereocenters. The summed E-state index contributed by atoms with van der Waals surface area (Å²) in [5.74, 6) is 0. The maximum absolute atomic E-state index is 8.25. The molecule has 0 aromatic rings. The molecule has 120 valence electrons. The molecule has 4 heteroatoms. The van der Waals surface area contributed by atoms with Gasteiger partial charge in [-0.2, -0.15) is 26.4 Å². The Bertz CT molecular complexity index is 326. The van der Waals surface area contributed by atoms with Crippen LogP contribution >= 0.6 is 0 Å². The quantitative estimate of drug-likeness (QED) is 0.501. The average molecular weight is 340 g/mol. The van der Waals surface area contributed by atoms with Crippen LogP contribution in [0.25, 0.3) is 0 Å². The van der Waals surface area contributed by atoms with Gasteiger partial charge in [-0.3, -0.25) is 12.2 Å². The van der Waals surface area contributed by atoms with E-state index in [1.54, 1.807) is 3.81 Å². The molecule has 2 rings (SSSR count). The zero-order valence-electron chi connectivity index (χ0n) is 14.2. The molecule has 0 aromatic carbocycles. The van der Waals surface area contributed by atoms with E-state index in [2.05, 4.69) is 51.2 Å². The molecule has 0 aromatic heterocycles. The van der Waals surface area contributed by atoms with E-state index < -0.39 is 0 Å². The van der Waals surface area contributed by atoms with Crippen molar-refractivity contribution in [3.05, 3.63) is 48.6 Å². The molecular weight excluding hydrogens is 312 g/mol. The van der Waals surface area contributed by atoms with E-state index >= 15 is 0 Å². The van der Waals surface area contributed by atoms with Crippen molar-refractivity contribution in [3.8, 4) is 0 Å². The first kappa shape index (κ1) is 25.6. The Kier molecular flexibility index (Phi) is 30.1. The molecule has 21 heavy (non-hydrogen) atoms. The molecule has 0 fully saturated rings. The number of rotatable bonds is 0. The van der Waals surface area contributed by atoms with Gasteiger partial charge in [-0.1, -0.05) is 0 Å². The van der Waals surface area contributed by atoms with Crippen LogP contribution in [-0.2, 0) is 17.4 Å². The average Bonchev–Trinajstić information content (AvgIpc) is 3.20. The van der Waals surface area contributed by atoms with E-state index in [0.717, 1.165) is 27.1 Å². The molecule has 2 nitrogen and oxygen atoms in total. The van der Waals surface area contributed by atoms with E-state index in [1.807, 2.05) is 24.3 Å². The Morgan fingerprint density at radius 2 is 1.29 bits per heavy atom. The summed E-state index contributed by atoms with van der Waals surface area (Å²) in [6.45, 7) is 9.32. The summed E-state index contributed by atoms with van der Waals surface area (Å²) in [6, 6.07) is 0. The van der Waals surface area contributed by atoms with Crippen LogP contribution in [0.15, 0.2) is 36.5 Å². The van der Waals surface area contributed by atoms with Gasteiger partial charge in [0.25, 0.3) is 0 Å². The predicted octanol–water partition coefficient (Wildman–Crippen LogP) is 2.10. The molecule has 0 radical (unpaired) electrons. The normalized spacial score (nSPS) is 11.4. The van der Waals surface area contributed by atoms with Crippen molar-refractivity contribution in [2.24, 2.45) is 0 Å². The largest absolute Gasteiger partial charge is 0.857 e. The summed E-state index contributed by atoms with van der Waals surface area (Å²) in [7, 11) is 1.50. The van der Waals surface area contributed by atoms with Crippen molar-refractivity contribution in [1.82, 2.24) is 0 Å². The fraction of sp³-hybridized carbons (Fsp3) is 0.471. The van der Waals surface area contributed by atoms with Crippen LogP contribution in [0.2, 0.25) is 13.1 Å². The van der Waals surface area contributed by atoms with E-state index in [4.69, 9.17) is 10.2 Å². The van der Waals surface area contributed by atoms with Crippen LogP contribution in [0.3, 0.4) is 0 Å². The molecule has 0 N–H and O–H groups in total. The monoisotopic (exact) mass is 340 g/mol. The van der Waals surface area contributed by atoms with E-state index in [9.17, 15) is 0 Å². The smallest absolute Gasteiger partial charge is 0.109 e. The maximum atomic E-state index is 8.25. The summed E-state index contributed by atoms with van der Waals surface area (Å²) < 4.78 is 1.71. The summed E-state index contributed by atoms with van der Waals surface area (Å²) in [6.07, 6.45) is 20.2. The predicted molar refractivity (Wildman–Crippen MR) is 88.8 cm³/mol. The second-order valence-electron chi connectivity index (χ2n) is 4.13. The minimum Gasteiger partial charge on any atom is -0.857 e. The maximum Gasteiger partial charge on any atom is -0.109 e. The Morgan fingerprint density at radius 1 is 0.905 bits per heavy atom. The number of hydrogen-bond acceptors (Lipinski definition) is 2. The Morgan fingerprint density at radius 3 is 1.33 bits per heavy atom. The second kappa shape index (κ2) is 24.7. The Labute approximate surface area is 140 Å². The molecule has 0 spiro atoms. The van der Waals surface area contributed by atoms with Crippen molar-refractivity contribution in [1.29, 1.82) is 0 Å². The molecule has 0 heterocycles. The molecule has 2 aliphatic carbocycles. The Balaban J connectivity index is -0.000000209. The zero-order chi connectivity index (χ0) is 16.9. The van der Waals surface area contributed by atoms with Crippen molar-refractivity contribution >= 4 is 10.00 Å². The van der Waals surface area contributed by atoms with Crippen molar-refractivity contribution in [3.63, 3.8) is 0 Å². The third-order valence-electron chi connectivity index (χ3n) is 1.67. The van der Waals surface area contributed by atoms with Gasteiger partial charge < -0.3 is 10.2 Å². The fourth-order valence-electron chi connectivity index (χ4n) is 1.18. The van der Waals surface area contributed by atoms with Crippen molar-refractivity contribution in [2.75, 3.05) is 14.2 Å². The topological polar surface area (TPSA) is 46.1 Å². The van der Waals surface area contributed by atoms with Crippen LogP contribution in [0.5, 0.6) is 0 Å².